The minimum absolute atomic E-state index is 0.0189. The molecule has 2 aromatic rings. The zero-order valence-electron chi connectivity index (χ0n) is 27.9. The molecule has 1 aromatic carbocycles. The quantitative estimate of drug-likeness (QED) is 0.292. The number of carbonyl (C=O) groups excluding carboxylic acids is 4. The molecule has 1 aliphatic heterocycles. The van der Waals surface area contributed by atoms with Crippen molar-refractivity contribution >= 4 is 29.4 Å². The fourth-order valence-corrected chi connectivity index (χ4v) is 6.52. The minimum Gasteiger partial charge on any atom is -0.339 e. The van der Waals surface area contributed by atoms with E-state index in [1.807, 2.05) is 20.9 Å². The van der Waals surface area contributed by atoms with Crippen LogP contribution in [0.2, 0.25) is 0 Å². The molecule has 2 heterocycles. The Morgan fingerprint density at radius 3 is 2.26 bits per heavy atom. The van der Waals surface area contributed by atoms with Crippen LogP contribution in [0.4, 0.5) is 14.9 Å². The molecule has 0 unspecified atom stereocenters. The molecule has 3 fully saturated rings. The van der Waals surface area contributed by atoms with Gasteiger partial charge in [0, 0.05) is 50.4 Å². The number of benzene rings is 1. The number of nitrogens with one attached hydrogen (secondary N) is 4. The van der Waals surface area contributed by atoms with E-state index in [0.717, 1.165) is 58.0 Å². The molecule has 12 nitrogen and oxygen atoms in total. The van der Waals surface area contributed by atoms with E-state index in [9.17, 15) is 19.2 Å². The highest BCUT2D eigenvalue weighted by molar-refractivity contribution is 6.00. The van der Waals surface area contributed by atoms with Gasteiger partial charge in [0.05, 0.1) is 5.69 Å². The van der Waals surface area contributed by atoms with Crippen molar-refractivity contribution in [2.75, 3.05) is 38.5 Å². The van der Waals surface area contributed by atoms with Crippen molar-refractivity contribution in [2.24, 2.45) is 5.92 Å². The first-order valence-corrected chi connectivity index (χ1v) is 17.0. The monoisotopic (exact) mass is 652 g/mol. The summed E-state index contributed by atoms with van der Waals surface area (Å²) in [7, 11) is 2.00. The van der Waals surface area contributed by atoms with Crippen molar-refractivity contribution in [3.63, 3.8) is 0 Å². The Balaban J connectivity index is 1.31. The number of aromatic nitrogens is 2. The molecule has 0 radical (unpaired) electrons. The van der Waals surface area contributed by atoms with Gasteiger partial charge in [-0.3, -0.25) is 19.1 Å². The fraction of sp³-hybridized carbons (Fsp3) is 0.618. The summed E-state index contributed by atoms with van der Waals surface area (Å²) in [5.74, 6) is -2.39. The second kappa shape index (κ2) is 15.3. The van der Waals surface area contributed by atoms with E-state index in [1.165, 1.54) is 12.1 Å². The van der Waals surface area contributed by atoms with Crippen LogP contribution in [0.25, 0.3) is 0 Å². The van der Waals surface area contributed by atoms with E-state index >= 15 is 4.39 Å². The van der Waals surface area contributed by atoms with Crippen LogP contribution in [0, 0.1) is 11.7 Å². The number of likely N-dealkylation sites (N-methyl/N-ethyl adjacent to an activating group) is 1. The molecule has 256 valence electrons. The smallest absolute Gasteiger partial charge is 0.315 e. The molecule has 3 atom stereocenters. The Kier molecular flexibility index (Phi) is 11.2. The molecule has 4 N–H and O–H groups in total. The van der Waals surface area contributed by atoms with E-state index < -0.39 is 41.7 Å². The van der Waals surface area contributed by atoms with E-state index in [2.05, 4.69) is 31.3 Å². The lowest BCUT2D eigenvalue weighted by Gasteiger charge is -2.36. The molecule has 1 saturated heterocycles. The molecule has 13 heteroatoms. The predicted octanol–water partition coefficient (Wildman–Crippen LogP) is 3.63. The summed E-state index contributed by atoms with van der Waals surface area (Å²) in [6.45, 7) is 8.18. The normalized spacial score (nSPS) is 19.5. The van der Waals surface area contributed by atoms with Gasteiger partial charge < -0.3 is 31.1 Å². The number of hydrogen-bond donors (Lipinski definition) is 4. The van der Waals surface area contributed by atoms with Crippen molar-refractivity contribution in [3.05, 3.63) is 47.5 Å². The summed E-state index contributed by atoms with van der Waals surface area (Å²) in [6, 6.07) is 3.99. The molecule has 5 rings (SSSR count). The van der Waals surface area contributed by atoms with Crippen molar-refractivity contribution in [1.82, 2.24) is 35.5 Å². The second-order valence-electron chi connectivity index (χ2n) is 13.6. The number of piperazine rings is 1. The lowest BCUT2D eigenvalue weighted by atomic mass is 9.83. The summed E-state index contributed by atoms with van der Waals surface area (Å²) < 4.78 is 17.3. The summed E-state index contributed by atoms with van der Waals surface area (Å²) in [5.41, 5.74) is 0.853. The Hall–Kier alpha value is -4.00. The third kappa shape index (κ3) is 8.68. The highest BCUT2D eigenvalue weighted by Crippen LogP contribution is 2.29. The molecule has 2 aliphatic carbocycles. The van der Waals surface area contributed by atoms with Crippen LogP contribution in [-0.4, -0.2) is 94.7 Å². The van der Waals surface area contributed by atoms with E-state index in [1.54, 1.807) is 34.8 Å². The van der Waals surface area contributed by atoms with Crippen LogP contribution in [-0.2, 0) is 9.59 Å². The Morgan fingerprint density at radius 2 is 1.62 bits per heavy atom. The molecular weight excluding hydrogens is 603 g/mol. The maximum Gasteiger partial charge on any atom is 0.315 e. The lowest BCUT2D eigenvalue weighted by Crippen LogP contribution is -2.57. The molecule has 2 saturated carbocycles. The van der Waals surface area contributed by atoms with Gasteiger partial charge in [0.15, 0.2) is 0 Å². The van der Waals surface area contributed by atoms with Crippen LogP contribution in [0.3, 0.4) is 0 Å². The number of anilines is 1. The number of halogens is 1. The third-order valence-electron chi connectivity index (χ3n) is 9.64. The first-order valence-electron chi connectivity index (χ1n) is 17.0. The number of urea groups is 1. The number of rotatable bonds is 11. The maximum absolute atomic E-state index is 15.7. The van der Waals surface area contributed by atoms with E-state index in [0.29, 0.717) is 24.3 Å². The Bertz CT molecular complexity index is 1430. The largest absolute Gasteiger partial charge is 0.339 e. The van der Waals surface area contributed by atoms with Crippen molar-refractivity contribution in [1.29, 1.82) is 0 Å². The molecule has 1 aromatic heterocycles. The number of hydrogen-bond acceptors (Lipinski definition) is 6. The average Bonchev–Trinajstić information content (AvgIpc) is 3.72. The van der Waals surface area contributed by atoms with E-state index in [-0.39, 0.29) is 29.6 Å². The van der Waals surface area contributed by atoms with Crippen molar-refractivity contribution < 1.29 is 23.6 Å². The zero-order valence-corrected chi connectivity index (χ0v) is 27.9. The maximum atomic E-state index is 15.7. The first-order chi connectivity index (χ1) is 22.5. The molecule has 0 bridgehead atoms. The van der Waals surface area contributed by atoms with Gasteiger partial charge in [-0.1, -0.05) is 32.3 Å². The standard InChI is InChI=1S/C34H49FN8O4/c1-21(2)43-28(14-15-36-43)31(44)39-30(23-8-6-5-7-9-23)32(45)38-27-13-10-24(20-26(27)35)22(3)29(40-34(47)37-25-11-12-25)33(46)42-18-16-41(4)17-19-42/h10,13-15,20-23,25,29-30H,5-9,11-12,16-19H2,1-4H3,(H,38,45)(H,39,44)(H2,37,40,47)/t22-,29+,30-/m0/s1. The van der Waals surface area contributed by atoms with Gasteiger partial charge >= 0.3 is 6.03 Å². The summed E-state index contributed by atoms with van der Waals surface area (Å²) in [5, 5.41) is 15.6. The molecule has 0 spiro atoms. The van der Waals surface area contributed by atoms with Crippen LogP contribution in [0.5, 0.6) is 0 Å². The number of amides is 5. The third-order valence-corrected chi connectivity index (χ3v) is 9.64. The zero-order chi connectivity index (χ0) is 33.7. The first kappa shape index (κ1) is 34.3. The van der Waals surface area contributed by atoms with Crippen LogP contribution < -0.4 is 21.3 Å². The molecule has 5 amide bonds. The molecular formula is C34H49FN8O4. The Labute approximate surface area is 276 Å². The summed E-state index contributed by atoms with van der Waals surface area (Å²) >= 11 is 0. The highest BCUT2D eigenvalue weighted by Gasteiger charge is 2.35. The SMILES string of the molecule is CC(C)n1nccc1C(=O)N[C@H](C(=O)Nc1ccc([C@H](C)[C@@H](NC(=O)NC2CC2)C(=O)N2CCN(C)CC2)cc1F)C1CCCCC1. The van der Waals surface area contributed by atoms with Gasteiger partial charge in [-0.25, -0.2) is 9.18 Å². The summed E-state index contributed by atoms with van der Waals surface area (Å²) in [6.07, 6.45) is 7.92. The Morgan fingerprint density at radius 1 is 0.915 bits per heavy atom. The van der Waals surface area contributed by atoms with Gasteiger partial charge in [-0.15, -0.1) is 0 Å². The number of carbonyl (C=O) groups is 4. The van der Waals surface area contributed by atoms with Gasteiger partial charge in [-0.05, 0) is 76.3 Å². The fourth-order valence-electron chi connectivity index (χ4n) is 6.52. The van der Waals surface area contributed by atoms with E-state index in [4.69, 9.17) is 0 Å². The highest BCUT2D eigenvalue weighted by atomic mass is 19.1. The lowest BCUT2D eigenvalue weighted by molar-refractivity contribution is -0.135. The van der Waals surface area contributed by atoms with Crippen LogP contribution in [0.1, 0.15) is 93.7 Å². The van der Waals surface area contributed by atoms with Crippen LogP contribution >= 0.6 is 0 Å². The van der Waals surface area contributed by atoms with Gasteiger partial charge in [0.25, 0.3) is 5.91 Å². The molecule has 47 heavy (non-hydrogen) atoms. The molecule has 3 aliphatic rings. The van der Waals surface area contributed by atoms with Crippen LogP contribution in [0.15, 0.2) is 30.5 Å². The summed E-state index contributed by atoms with van der Waals surface area (Å²) in [4.78, 5) is 57.4. The topological polar surface area (TPSA) is 141 Å². The second-order valence-corrected chi connectivity index (χ2v) is 13.6. The predicted molar refractivity (Wildman–Crippen MR) is 176 cm³/mol. The van der Waals surface area contributed by atoms with Gasteiger partial charge in [0.1, 0.15) is 23.6 Å². The average molecular weight is 653 g/mol. The van der Waals surface area contributed by atoms with Gasteiger partial charge in [0.2, 0.25) is 11.8 Å². The van der Waals surface area contributed by atoms with Crippen molar-refractivity contribution in [2.45, 2.75) is 95.8 Å². The number of nitrogens with zero attached hydrogens (tertiary/aromatic N) is 4. The van der Waals surface area contributed by atoms with Gasteiger partial charge in [-0.2, -0.15) is 5.10 Å². The van der Waals surface area contributed by atoms with Crippen molar-refractivity contribution in [3.8, 4) is 0 Å². The minimum atomic E-state index is -0.901.